The lowest BCUT2D eigenvalue weighted by molar-refractivity contribution is -0.142. The SMILES string of the molecule is CCc1ccc(NC(=O)CN2CCC[C@H]2C(=O)O)cc1. The summed E-state index contributed by atoms with van der Waals surface area (Å²) in [6.45, 7) is 2.87. The second kappa shape index (κ2) is 6.52. The van der Waals surface area contributed by atoms with Gasteiger partial charge in [0, 0.05) is 5.69 Å². The van der Waals surface area contributed by atoms with Gasteiger partial charge in [0.25, 0.3) is 0 Å². The molecule has 108 valence electrons. The van der Waals surface area contributed by atoms with Crippen LogP contribution in [0.5, 0.6) is 0 Å². The van der Waals surface area contributed by atoms with E-state index in [4.69, 9.17) is 5.11 Å². The molecule has 1 amide bonds. The first-order valence-corrected chi connectivity index (χ1v) is 6.96. The normalized spacial score (nSPS) is 18.9. The first-order valence-electron chi connectivity index (χ1n) is 6.96. The van der Waals surface area contributed by atoms with Crippen LogP contribution in [0, 0.1) is 0 Å². The van der Waals surface area contributed by atoms with Crippen LogP contribution in [0.3, 0.4) is 0 Å². The number of aliphatic carboxylic acids is 1. The quantitative estimate of drug-likeness (QED) is 0.859. The number of nitrogens with one attached hydrogen (secondary N) is 1. The van der Waals surface area contributed by atoms with Gasteiger partial charge in [-0.05, 0) is 43.5 Å². The topological polar surface area (TPSA) is 69.6 Å². The Bertz CT molecular complexity index is 484. The molecule has 1 aromatic rings. The number of likely N-dealkylation sites (tertiary alicyclic amines) is 1. The maximum absolute atomic E-state index is 11.9. The number of carbonyl (C=O) groups excluding carboxylic acids is 1. The van der Waals surface area contributed by atoms with Gasteiger partial charge in [-0.2, -0.15) is 0 Å². The van der Waals surface area contributed by atoms with Gasteiger partial charge >= 0.3 is 5.97 Å². The zero-order valence-electron chi connectivity index (χ0n) is 11.6. The number of amides is 1. The minimum Gasteiger partial charge on any atom is -0.480 e. The Morgan fingerprint density at radius 3 is 2.65 bits per heavy atom. The number of benzene rings is 1. The fraction of sp³-hybridized carbons (Fsp3) is 0.467. The van der Waals surface area contributed by atoms with Crippen molar-refractivity contribution in [2.24, 2.45) is 0 Å². The Morgan fingerprint density at radius 1 is 1.35 bits per heavy atom. The second-order valence-electron chi connectivity index (χ2n) is 5.07. The average molecular weight is 276 g/mol. The zero-order valence-corrected chi connectivity index (χ0v) is 11.6. The van der Waals surface area contributed by atoms with Crippen LogP contribution in [0.1, 0.15) is 25.3 Å². The van der Waals surface area contributed by atoms with Crippen molar-refractivity contribution in [2.75, 3.05) is 18.4 Å². The molecule has 0 unspecified atom stereocenters. The summed E-state index contributed by atoms with van der Waals surface area (Å²) in [6, 6.07) is 7.17. The van der Waals surface area contributed by atoms with Crippen LogP contribution in [0.15, 0.2) is 24.3 Å². The molecular formula is C15H20N2O3. The molecule has 0 spiro atoms. The summed E-state index contributed by atoms with van der Waals surface area (Å²) in [5.41, 5.74) is 1.96. The van der Waals surface area contributed by atoms with Crippen LogP contribution in [0.25, 0.3) is 0 Å². The maximum Gasteiger partial charge on any atom is 0.320 e. The molecule has 0 aromatic heterocycles. The molecule has 0 saturated carbocycles. The lowest BCUT2D eigenvalue weighted by Gasteiger charge is -2.20. The molecule has 1 fully saturated rings. The van der Waals surface area contributed by atoms with Gasteiger partial charge in [-0.25, -0.2) is 0 Å². The monoisotopic (exact) mass is 276 g/mol. The van der Waals surface area contributed by atoms with Gasteiger partial charge in [0.15, 0.2) is 0 Å². The maximum atomic E-state index is 11.9. The van der Waals surface area contributed by atoms with E-state index in [0.717, 1.165) is 18.5 Å². The number of aryl methyl sites for hydroxylation is 1. The molecule has 1 heterocycles. The smallest absolute Gasteiger partial charge is 0.320 e. The summed E-state index contributed by atoms with van der Waals surface area (Å²) < 4.78 is 0. The van der Waals surface area contributed by atoms with Crippen molar-refractivity contribution in [2.45, 2.75) is 32.2 Å². The second-order valence-corrected chi connectivity index (χ2v) is 5.07. The summed E-state index contributed by atoms with van der Waals surface area (Å²) in [7, 11) is 0. The Balaban J connectivity index is 1.90. The predicted molar refractivity (Wildman–Crippen MR) is 76.7 cm³/mol. The Labute approximate surface area is 118 Å². The molecule has 5 heteroatoms. The largest absolute Gasteiger partial charge is 0.480 e. The predicted octanol–water partition coefficient (Wildman–Crippen LogP) is 1.74. The molecule has 0 radical (unpaired) electrons. The Morgan fingerprint density at radius 2 is 2.05 bits per heavy atom. The number of carboxylic acids is 1. The van der Waals surface area contributed by atoms with E-state index in [9.17, 15) is 9.59 Å². The highest BCUT2D eigenvalue weighted by molar-refractivity contribution is 5.92. The number of carboxylic acid groups (broad SMARTS) is 1. The fourth-order valence-electron chi connectivity index (χ4n) is 2.50. The molecule has 1 saturated heterocycles. The van der Waals surface area contributed by atoms with E-state index in [1.165, 1.54) is 5.56 Å². The van der Waals surface area contributed by atoms with Crippen LogP contribution < -0.4 is 5.32 Å². The molecule has 1 aromatic carbocycles. The highest BCUT2D eigenvalue weighted by atomic mass is 16.4. The first kappa shape index (κ1) is 14.5. The van der Waals surface area contributed by atoms with Crippen LogP contribution in [0.2, 0.25) is 0 Å². The van der Waals surface area contributed by atoms with Crippen molar-refractivity contribution in [3.05, 3.63) is 29.8 Å². The number of rotatable bonds is 5. The molecule has 2 rings (SSSR count). The van der Waals surface area contributed by atoms with Gasteiger partial charge in [0.05, 0.1) is 6.54 Å². The van der Waals surface area contributed by atoms with E-state index < -0.39 is 12.0 Å². The highest BCUT2D eigenvalue weighted by Crippen LogP contribution is 2.17. The third-order valence-corrected chi connectivity index (χ3v) is 3.64. The van der Waals surface area contributed by atoms with Crippen LogP contribution >= 0.6 is 0 Å². The summed E-state index contributed by atoms with van der Waals surface area (Å²) >= 11 is 0. The number of nitrogens with zero attached hydrogens (tertiary/aromatic N) is 1. The molecule has 5 nitrogen and oxygen atoms in total. The summed E-state index contributed by atoms with van der Waals surface area (Å²) in [4.78, 5) is 24.7. The van der Waals surface area contributed by atoms with Gasteiger partial charge in [-0.3, -0.25) is 14.5 Å². The molecule has 1 aliphatic rings. The summed E-state index contributed by atoms with van der Waals surface area (Å²) in [6.07, 6.45) is 2.41. The molecule has 2 N–H and O–H groups in total. The molecule has 0 aliphatic carbocycles. The van der Waals surface area contributed by atoms with Gasteiger partial charge < -0.3 is 10.4 Å². The Hall–Kier alpha value is -1.88. The molecule has 0 bridgehead atoms. The third-order valence-electron chi connectivity index (χ3n) is 3.64. The van der Waals surface area contributed by atoms with E-state index in [0.29, 0.717) is 13.0 Å². The molecular weight excluding hydrogens is 256 g/mol. The summed E-state index contributed by atoms with van der Waals surface area (Å²) in [5.74, 6) is -1.01. The van der Waals surface area contributed by atoms with E-state index in [1.54, 1.807) is 4.90 Å². The van der Waals surface area contributed by atoms with E-state index in [-0.39, 0.29) is 12.5 Å². The van der Waals surface area contributed by atoms with Gasteiger partial charge in [-0.1, -0.05) is 19.1 Å². The third kappa shape index (κ3) is 3.57. The van der Waals surface area contributed by atoms with Crippen molar-refractivity contribution in [3.63, 3.8) is 0 Å². The van der Waals surface area contributed by atoms with Gasteiger partial charge in [0.1, 0.15) is 6.04 Å². The summed E-state index contributed by atoms with van der Waals surface area (Å²) in [5, 5.41) is 11.9. The van der Waals surface area contributed by atoms with Crippen molar-refractivity contribution >= 4 is 17.6 Å². The number of anilines is 1. The first-order chi connectivity index (χ1) is 9.60. The van der Waals surface area contributed by atoms with Crippen molar-refractivity contribution in [1.29, 1.82) is 0 Å². The van der Waals surface area contributed by atoms with Crippen molar-refractivity contribution < 1.29 is 14.7 Å². The van der Waals surface area contributed by atoms with E-state index in [2.05, 4.69) is 12.2 Å². The average Bonchev–Trinajstić information content (AvgIpc) is 2.87. The molecule has 1 atom stereocenters. The minimum atomic E-state index is -0.845. The van der Waals surface area contributed by atoms with Crippen LogP contribution in [-0.2, 0) is 16.0 Å². The number of hydrogen-bond acceptors (Lipinski definition) is 3. The number of carbonyl (C=O) groups is 2. The van der Waals surface area contributed by atoms with Crippen LogP contribution in [-0.4, -0.2) is 41.0 Å². The Kier molecular flexibility index (Phi) is 4.74. The number of hydrogen-bond donors (Lipinski definition) is 2. The van der Waals surface area contributed by atoms with E-state index >= 15 is 0 Å². The highest BCUT2D eigenvalue weighted by Gasteiger charge is 2.31. The molecule has 1 aliphatic heterocycles. The van der Waals surface area contributed by atoms with Gasteiger partial charge in [-0.15, -0.1) is 0 Å². The standard InChI is InChI=1S/C15H20N2O3/c1-2-11-5-7-12(8-6-11)16-14(18)10-17-9-3-4-13(17)15(19)20/h5-8,13H,2-4,9-10H2,1H3,(H,16,18)(H,19,20)/t13-/m0/s1. The zero-order chi connectivity index (χ0) is 14.5. The minimum absolute atomic E-state index is 0.131. The fourth-order valence-corrected chi connectivity index (χ4v) is 2.50. The van der Waals surface area contributed by atoms with Crippen LogP contribution in [0.4, 0.5) is 5.69 Å². The van der Waals surface area contributed by atoms with Crippen molar-refractivity contribution in [3.8, 4) is 0 Å². The van der Waals surface area contributed by atoms with Crippen molar-refractivity contribution in [1.82, 2.24) is 4.90 Å². The lowest BCUT2D eigenvalue weighted by Crippen LogP contribution is -2.40. The van der Waals surface area contributed by atoms with Gasteiger partial charge in [0.2, 0.25) is 5.91 Å². The van der Waals surface area contributed by atoms with E-state index in [1.807, 2.05) is 24.3 Å². The molecule has 20 heavy (non-hydrogen) atoms. The lowest BCUT2D eigenvalue weighted by atomic mass is 10.1.